The second-order valence-electron chi connectivity index (χ2n) is 3.05. The number of nitrogens with one attached hydrogen (secondary N) is 2. The van der Waals surface area contributed by atoms with Crippen molar-refractivity contribution in [1.82, 2.24) is 14.6 Å². The van der Waals surface area contributed by atoms with Gasteiger partial charge in [0.25, 0.3) is 5.56 Å². The number of aromatic amines is 1. The second kappa shape index (κ2) is 3.97. The van der Waals surface area contributed by atoms with E-state index in [9.17, 15) is 9.59 Å². The number of carbonyl (C=O) groups excluding carboxylic acids is 1. The molecule has 0 fully saturated rings. The monoisotopic (exact) mass is 233 g/mol. The lowest BCUT2D eigenvalue weighted by molar-refractivity contribution is 0.186. The van der Waals surface area contributed by atoms with Gasteiger partial charge in [-0.25, -0.2) is 9.31 Å². The van der Waals surface area contributed by atoms with Gasteiger partial charge in [-0.1, -0.05) is 0 Å². The van der Waals surface area contributed by atoms with E-state index in [-0.39, 0.29) is 17.2 Å². The topological polar surface area (TPSA) is 112 Å². The van der Waals surface area contributed by atoms with Crippen molar-refractivity contribution in [2.45, 2.75) is 0 Å². The molecule has 17 heavy (non-hydrogen) atoms. The van der Waals surface area contributed by atoms with Crippen molar-refractivity contribution < 1.29 is 9.53 Å². The molecule has 0 aliphatic rings. The zero-order valence-corrected chi connectivity index (χ0v) is 8.72. The molecular weight excluding hydrogens is 226 g/mol. The summed E-state index contributed by atoms with van der Waals surface area (Å²) in [6.07, 6.45) is -0.766. The van der Waals surface area contributed by atoms with Crippen molar-refractivity contribution in [3.8, 4) is 6.07 Å². The predicted octanol–water partition coefficient (Wildman–Crippen LogP) is 0.0726. The third-order valence-electron chi connectivity index (χ3n) is 2.04. The molecule has 8 heteroatoms. The average Bonchev–Trinajstić information content (AvgIpc) is 2.72. The van der Waals surface area contributed by atoms with Gasteiger partial charge in [0.05, 0.1) is 7.11 Å². The van der Waals surface area contributed by atoms with E-state index >= 15 is 0 Å². The van der Waals surface area contributed by atoms with E-state index < -0.39 is 11.7 Å². The Kier molecular flexibility index (Phi) is 2.50. The van der Waals surface area contributed by atoms with Crippen molar-refractivity contribution in [3.63, 3.8) is 0 Å². The molecule has 0 saturated carbocycles. The van der Waals surface area contributed by atoms with Crippen LogP contribution in [0, 0.1) is 11.3 Å². The van der Waals surface area contributed by atoms with Crippen molar-refractivity contribution in [3.05, 3.63) is 28.2 Å². The van der Waals surface area contributed by atoms with Crippen LogP contribution in [-0.2, 0) is 4.74 Å². The van der Waals surface area contributed by atoms with Gasteiger partial charge in [0.15, 0.2) is 0 Å². The largest absolute Gasteiger partial charge is 0.453 e. The SMILES string of the molecule is COC(=O)Nc1nn2c(C#N)ccc2c(=O)[nH]1. The van der Waals surface area contributed by atoms with Crippen molar-refractivity contribution in [2.24, 2.45) is 0 Å². The lowest BCUT2D eigenvalue weighted by atomic mass is 10.5. The smallest absolute Gasteiger partial charge is 0.413 e. The van der Waals surface area contributed by atoms with Crippen LogP contribution >= 0.6 is 0 Å². The van der Waals surface area contributed by atoms with Gasteiger partial charge >= 0.3 is 6.09 Å². The van der Waals surface area contributed by atoms with Gasteiger partial charge in [0.1, 0.15) is 17.3 Å². The summed E-state index contributed by atoms with van der Waals surface area (Å²) in [5, 5.41) is 14.9. The lowest BCUT2D eigenvalue weighted by Gasteiger charge is -2.03. The molecule has 0 bridgehead atoms. The molecule has 0 aromatic carbocycles. The Morgan fingerprint density at radius 2 is 2.41 bits per heavy atom. The summed E-state index contributed by atoms with van der Waals surface area (Å²) in [4.78, 5) is 24.9. The van der Waals surface area contributed by atoms with Gasteiger partial charge in [0.2, 0.25) is 5.95 Å². The molecule has 1 amide bonds. The number of methoxy groups -OCH3 is 1. The minimum absolute atomic E-state index is 0.0953. The molecule has 8 nitrogen and oxygen atoms in total. The summed E-state index contributed by atoms with van der Waals surface area (Å²) in [6.45, 7) is 0. The van der Waals surface area contributed by atoms with E-state index in [4.69, 9.17) is 5.26 Å². The van der Waals surface area contributed by atoms with Gasteiger partial charge in [0, 0.05) is 0 Å². The van der Waals surface area contributed by atoms with Crippen molar-refractivity contribution in [2.75, 3.05) is 12.4 Å². The maximum absolute atomic E-state index is 11.6. The summed E-state index contributed by atoms with van der Waals surface area (Å²) in [5.74, 6) is -0.0953. The Morgan fingerprint density at radius 1 is 1.65 bits per heavy atom. The zero-order chi connectivity index (χ0) is 12.4. The standard InChI is InChI=1S/C9H7N5O3/c1-17-9(16)12-8-11-7(15)6-3-2-5(4-10)14(6)13-8/h2-3H,1H3,(H2,11,12,13,15,16). The Labute approximate surface area is 94.4 Å². The van der Waals surface area contributed by atoms with Crippen LogP contribution in [0.3, 0.4) is 0 Å². The first-order chi connectivity index (χ1) is 8.15. The van der Waals surface area contributed by atoms with Gasteiger partial charge < -0.3 is 4.74 Å². The third kappa shape index (κ3) is 1.81. The molecule has 0 aliphatic heterocycles. The number of hydrogen-bond donors (Lipinski definition) is 2. The molecule has 0 saturated heterocycles. The first-order valence-electron chi connectivity index (χ1n) is 4.53. The Bertz CT molecular complexity index is 678. The van der Waals surface area contributed by atoms with Gasteiger partial charge in [-0.2, -0.15) is 5.26 Å². The summed E-state index contributed by atoms with van der Waals surface area (Å²) < 4.78 is 5.50. The maximum Gasteiger partial charge on any atom is 0.413 e. The molecule has 0 unspecified atom stereocenters. The molecule has 2 N–H and O–H groups in total. The van der Waals surface area contributed by atoms with Gasteiger partial charge in [-0.3, -0.25) is 15.1 Å². The fraction of sp³-hybridized carbons (Fsp3) is 0.111. The predicted molar refractivity (Wildman–Crippen MR) is 56.6 cm³/mol. The number of nitriles is 1. The molecule has 0 aliphatic carbocycles. The summed E-state index contributed by atoms with van der Waals surface area (Å²) in [7, 11) is 1.18. The van der Waals surface area contributed by atoms with Crippen LogP contribution in [0.4, 0.5) is 10.7 Å². The van der Waals surface area contributed by atoms with Crippen LogP contribution in [0.2, 0.25) is 0 Å². The van der Waals surface area contributed by atoms with Crippen LogP contribution in [0.1, 0.15) is 5.69 Å². The maximum atomic E-state index is 11.6. The van der Waals surface area contributed by atoms with E-state index in [2.05, 4.69) is 20.1 Å². The van der Waals surface area contributed by atoms with E-state index in [1.165, 1.54) is 19.2 Å². The number of amides is 1. The average molecular weight is 233 g/mol. The fourth-order valence-electron chi connectivity index (χ4n) is 1.29. The number of H-pyrrole nitrogens is 1. The van der Waals surface area contributed by atoms with Gasteiger partial charge in [-0.15, -0.1) is 5.10 Å². The minimum atomic E-state index is -0.766. The molecule has 2 aromatic heterocycles. The summed E-state index contributed by atoms with van der Waals surface area (Å²) >= 11 is 0. The van der Waals surface area contributed by atoms with Crippen LogP contribution in [0.15, 0.2) is 16.9 Å². The molecule has 0 radical (unpaired) electrons. The van der Waals surface area contributed by atoms with Crippen LogP contribution in [-0.4, -0.2) is 27.8 Å². The number of fused-ring (bicyclic) bond motifs is 1. The molecular formula is C9H7N5O3. The zero-order valence-electron chi connectivity index (χ0n) is 8.72. The molecule has 2 heterocycles. The molecule has 0 atom stereocenters. The number of rotatable bonds is 1. The number of anilines is 1. The molecule has 86 valence electrons. The highest BCUT2D eigenvalue weighted by Crippen LogP contribution is 2.04. The lowest BCUT2D eigenvalue weighted by Crippen LogP contribution is -2.20. The minimum Gasteiger partial charge on any atom is -0.453 e. The number of hydrogen-bond acceptors (Lipinski definition) is 5. The normalized spacial score (nSPS) is 9.88. The third-order valence-corrected chi connectivity index (χ3v) is 2.04. The number of aromatic nitrogens is 3. The molecule has 2 rings (SSSR count). The fourth-order valence-corrected chi connectivity index (χ4v) is 1.29. The molecule has 0 spiro atoms. The van der Waals surface area contributed by atoms with E-state index in [0.717, 1.165) is 4.52 Å². The second-order valence-corrected chi connectivity index (χ2v) is 3.05. The number of carbonyl (C=O) groups is 1. The summed E-state index contributed by atoms with van der Waals surface area (Å²) in [6, 6.07) is 4.80. The highest BCUT2D eigenvalue weighted by molar-refractivity contribution is 5.82. The Balaban J connectivity index is 2.57. The van der Waals surface area contributed by atoms with E-state index in [0.29, 0.717) is 0 Å². The highest BCUT2D eigenvalue weighted by Gasteiger charge is 2.09. The van der Waals surface area contributed by atoms with E-state index in [1.807, 2.05) is 6.07 Å². The van der Waals surface area contributed by atoms with E-state index in [1.54, 1.807) is 0 Å². The first kappa shape index (κ1) is 10.7. The summed E-state index contributed by atoms with van der Waals surface area (Å²) in [5.41, 5.74) is -0.0520. The van der Waals surface area contributed by atoms with Crippen LogP contribution in [0.25, 0.3) is 5.52 Å². The highest BCUT2D eigenvalue weighted by atomic mass is 16.5. The number of nitrogens with zero attached hydrogens (tertiary/aromatic N) is 3. The quantitative estimate of drug-likeness (QED) is 0.723. The number of ether oxygens (including phenoxy) is 1. The van der Waals surface area contributed by atoms with Crippen molar-refractivity contribution >= 4 is 17.6 Å². The van der Waals surface area contributed by atoms with Gasteiger partial charge in [-0.05, 0) is 12.1 Å². The van der Waals surface area contributed by atoms with Crippen molar-refractivity contribution in [1.29, 1.82) is 5.26 Å². The Hall–Kier alpha value is -2.82. The molecule has 2 aromatic rings. The Morgan fingerprint density at radius 3 is 3.06 bits per heavy atom. The first-order valence-corrected chi connectivity index (χ1v) is 4.53. The van der Waals surface area contributed by atoms with Crippen LogP contribution in [0.5, 0.6) is 0 Å². The van der Waals surface area contributed by atoms with Crippen LogP contribution < -0.4 is 10.9 Å².